The van der Waals surface area contributed by atoms with Crippen molar-refractivity contribution in [3.05, 3.63) is 68.1 Å². The van der Waals surface area contributed by atoms with Crippen LogP contribution in [0.15, 0.2) is 41.9 Å². The Hall–Kier alpha value is -1.66. The van der Waals surface area contributed by atoms with Crippen molar-refractivity contribution in [1.82, 2.24) is 4.98 Å². The third-order valence-corrected chi connectivity index (χ3v) is 5.15. The van der Waals surface area contributed by atoms with E-state index in [9.17, 15) is 0 Å². The smallest absolute Gasteiger partial charge is 0.182 e. The van der Waals surface area contributed by atoms with Crippen molar-refractivity contribution in [2.24, 2.45) is 0 Å². The van der Waals surface area contributed by atoms with Gasteiger partial charge in [0.25, 0.3) is 0 Å². The number of nitrogens with one attached hydrogen (secondary N) is 1. The van der Waals surface area contributed by atoms with Gasteiger partial charge in [0.05, 0.1) is 12.1 Å². The van der Waals surface area contributed by atoms with Crippen LogP contribution in [0.25, 0.3) is 0 Å². The number of nitrogens with zero attached hydrogens (tertiary/aromatic N) is 1. The number of halogens is 3. The van der Waals surface area contributed by atoms with Crippen molar-refractivity contribution in [1.29, 1.82) is 0 Å². The lowest BCUT2D eigenvalue weighted by atomic mass is 10.2. The average molecular weight is 430 g/mol. The zero-order chi connectivity index (χ0) is 18.5. The summed E-state index contributed by atoms with van der Waals surface area (Å²) in [6.07, 6.45) is 1.75. The van der Waals surface area contributed by atoms with Gasteiger partial charge in [-0.2, -0.15) is 0 Å². The molecule has 3 aromatic rings. The van der Waals surface area contributed by atoms with Gasteiger partial charge in [-0.05, 0) is 29.8 Å². The van der Waals surface area contributed by atoms with Crippen LogP contribution >= 0.6 is 46.1 Å². The van der Waals surface area contributed by atoms with Crippen LogP contribution in [0.1, 0.15) is 11.1 Å². The zero-order valence-corrected chi connectivity index (χ0v) is 16.8. The summed E-state index contributed by atoms with van der Waals surface area (Å²) in [6.45, 7) is 0.829. The number of thiazole rings is 1. The topological polar surface area (TPSA) is 43.4 Å². The molecule has 0 bridgehead atoms. The highest BCUT2D eigenvalue weighted by molar-refractivity contribution is 7.13. The molecule has 1 N–H and O–H groups in total. The lowest BCUT2D eigenvalue weighted by Crippen LogP contribution is -2.02. The molecule has 0 saturated carbocycles. The van der Waals surface area contributed by atoms with Crippen LogP contribution in [0.2, 0.25) is 15.1 Å². The molecule has 0 fully saturated rings. The van der Waals surface area contributed by atoms with Gasteiger partial charge in [0.2, 0.25) is 0 Å². The molecular formula is C18H15Cl3N2O2S. The Balaban J connectivity index is 1.74. The van der Waals surface area contributed by atoms with E-state index in [0.29, 0.717) is 33.1 Å². The predicted octanol–water partition coefficient (Wildman–Crippen LogP) is 6.30. The summed E-state index contributed by atoms with van der Waals surface area (Å²) < 4.78 is 11.3. The predicted molar refractivity (Wildman–Crippen MR) is 108 cm³/mol. The normalized spacial score (nSPS) is 10.6. The van der Waals surface area contributed by atoms with Gasteiger partial charge in [-0.25, -0.2) is 4.98 Å². The Morgan fingerprint density at radius 1 is 1.12 bits per heavy atom. The van der Waals surface area contributed by atoms with Crippen molar-refractivity contribution >= 4 is 51.3 Å². The Morgan fingerprint density at radius 2 is 1.96 bits per heavy atom. The fourth-order valence-corrected chi connectivity index (χ4v) is 3.57. The molecule has 0 radical (unpaired) electrons. The van der Waals surface area contributed by atoms with Crippen LogP contribution in [0.5, 0.6) is 11.5 Å². The maximum atomic E-state index is 6.41. The molecule has 0 unspecified atom stereocenters. The van der Waals surface area contributed by atoms with Gasteiger partial charge in [-0.15, -0.1) is 11.3 Å². The molecule has 136 valence electrons. The first-order chi connectivity index (χ1) is 12.6. The minimum absolute atomic E-state index is 0.253. The number of rotatable bonds is 7. The molecule has 0 saturated heterocycles. The van der Waals surface area contributed by atoms with Crippen LogP contribution in [-0.2, 0) is 13.2 Å². The molecule has 1 aromatic heterocycles. The minimum Gasteiger partial charge on any atom is -0.493 e. The highest BCUT2D eigenvalue weighted by Crippen LogP contribution is 2.37. The molecule has 0 amide bonds. The summed E-state index contributed by atoms with van der Waals surface area (Å²) in [7, 11) is 1.58. The summed E-state index contributed by atoms with van der Waals surface area (Å²) in [5, 5.41) is 7.57. The van der Waals surface area contributed by atoms with E-state index in [1.807, 2.05) is 23.6 Å². The van der Waals surface area contributed by atoms with E-state index in [0.717, 1.165) is 16.3 Å². The third kappa shape index (κ3) is 4.74. The highest BCUT2D eigenvalue weighted by atomic mass is 35.5. The minimum atomic E-state index is 0.253. The molecule has 3 rings (SSSR count). The van der Waals surface area contributed by atoms with Crippen molar-refractivity contribution in [3.63, 3.8) is 0 Å². The first kappa shape index (κ1) is 19.1. The van der Waals surface area contributed by atoms with Gasteiger partial charge >= 0.3 is 0 Å². The van der Waals surface area contributed by atoms with Crippen LogP contribution < -0.4 is 14.8 Å². The van der Waals surface area contributed by atoms with Crippen LogP contribution in [0.4, 0.5) is 5.13 Å². The molecule has 0 atom stereocenters. The molecule has 8 heteroatoms. The second-order valence-electron chi connectivity index (χ2n) is 5.32. The second-order valence-corrected chi connectivity index (χ2v) is 7.47. The number of methoxy groups -OCH3 is 1. The van der Waals surface area contributed by atoms with Crippen molar-refractivity contribution in [2.45, 2.75) is 13.2 Å². The quantitative estimate of drug-likeness (QED) is 0.478. The zero-order valence-electron chi connectivity index (χ0n) is 13.8. The van der Waals surface area contributed by atoms with E-state index in [1.165, 1.54) is 11.3 Å². The van der Waals surface area contributed by atoms with E-state index in [1.54, 1.807) is 25.4 Å². The Bertz CT molecular complexity index is 888. The molecule has 4 nitrogen and oxygen atoms in total. The van der Waals surface area contributed by atoms with Gasteiger partial charge in [0.1, 0.15) is 6.61 Å². The van der Waals surface area contributed by atoms with E-state index in [2.05, 4.69) is 10.3 Å². The highest BCUT2D eigenvalue weighted by Gasteiger charge is 2.13. The second kappa shape index (κ2) is 8.82. The first-order valence-electron chi connectivity index (χ1n) is 7.63. The SMILES string of the molecule is COc1cc(CNc2nccs2)cc(Cl)c1OCc1ccc(Cl)cc1Cl. The maximum absolute atomic E-state index is 6.41. The van der Waals surface area contributed by atoms with Crippen LogP contribution in [0.3, 0.4) is 0 Å². The van der Waals surface area contributed by atoms with Gasteiger partial charge in [0, 0.05) is 33.7 Å². The van der Waals surface area contributed by atoms with E-state index < -0.39 is 0 Å². The molecule has 0 aliphatic carbocycles. The standard InChI is InChI=1S/C18H15Cl3N2O2S/c1-24-16-7-11(9-23-18-22-4-5-26-18)6-15(21)17(16)25-10-12-2-3-13(19)8-14(12)20/h2-8H,9-10H2,1H3,(H,22,23). The Labute approximate surface area is 170 Å². The molecule has 1 heterocycles. The van der Waals surface area contributed by atoms with Gasteiger partial charge in [-0.1, -0.05) is 40.9 Å². The van der Waals surface area contributed by atoms with Crippen molar-refractivity contribution in [2.75, 3.05) is 12.4 Å². The summed E-state index contributed by atoms with van der Waals surface area (Å²) in [5.74, 6) is 1.02. The summed E-state index contributed by atoms with van der Waals surface area (Å²) in [5.41, 5.74) is 1.77. The number of aromatic nitrogens is 1. The summed E-state index contributed by atoms with van der Waals surface area (Å²) in [4.78, 5) is 4.19. The van der Waals surface area contributed by atoms with Gasteiger partial charge in [-0.3, -0.25) is 0 Å². The molecule has 0 aliphatic rings. The Morgan fingerprint density at radius 3 is 2.65 bits per heavy atom. The van der Waals surface area contributed by atoms with Crippen LogP contribution in [0, 0.1) is 0 Å². The molecule has 2 aromatic carbocycles. The maximum Gasteiger partial charge on any atom is 0.182 e. The van der Waals surface area contributed by atoms with Gasteiger partial charge < -0.3 is 14.8 Å². The van der Waals surface area contributed by atoms with Crippen molar-refractivity contribution in [3.8, 4) is 11.5 Å². The fraction of sp³-hybridized carbons (Fsp3) is 0.167. The monoisotopic (exact) mass is 428 g/mol. The molecule has 26 heavy (non-hydrogen) atoms. The van der Waals surface area contributed by atoms with E-state index >= 15 is 0 Å². The fourth-order valence-electron chi connectivity index (χ4n) is 2.29. The molecule has 0 aliphatic heterocycles. The Kier molecular flexibility index (Phi) is 6.48. The van der Waals surface area contributed by atoms with E-state index in [4.69, 9.17) is 44.3 Å². The van der Waals surface area contributed by atoms with Gasteiger partial charge in [0.15, 0.2) is 16.6 Å². The summed E-state index contributed by atoms with van der Waals surface area (Å²) >= 11 is 20.0. The molecule has 0 spiro atoms. The number of ether oxygens (including phenoxy) is 2. The van der Waals surface area contributed by atoms with Crippen molar-refractivity contribution < 1.29 is 9.47 Å². The lowest BCUT2D eigenvalue weighted by Gasteiger charge is -2.15. The molecular weight excluding hydrogens is 415 g/mol. The van der Waals surface area contributed by atoms with E-state index in [-0.39, 0.29) is 6.61 Å². The third-order valence-electron chi connectivity index (χ3n) is 3.55. The average Bonchev–Trinajstić information content (AvgIpc) is 3.13. The number of hydrogen-bond donors (Lipinski definition) is 1. The van der Waals surface area contributed by atoms with Crippen LogP contribution in [-0.4, -0.2) is 12.1 Å². The number of anilines is 1. The number of benzene rings is 2. The lowest BCUT2D eigenvalue weighted by molar-refractivity contribution is 0.284. The largest absolute Gasteiger partial charge is 0.493 e. The summed E-state index contributed by atoms with van der Waals surface area (Å²) in [6, 6.07) is 8.97. The first-order valence-corrected chi connectivity index (χ1v) is 9.64. The number of hydrogen-bond acceptors (Lipinski definition) is 5.